The van der Waals surface area contributed by atoms with Crippen molar-refractivity contribution >= 4 is 5.97 Å². The van der Waals surface area contributed by atoms with E-state index in [1.165, 1.54) is 23.0 Å². The van der Waals surface area contributed by atoms with Gasteiger partial charge in [0.15, 0.2) is 0 Å². The fourth-order valence-electron chi connectivity index (χ4n) is 3.70. The molecule has 0 radical (unpaired) electrons. The summed E-state index contributed by atoms with van der Waals surface area (Å²) in [5.74, 6) is 0.228. The van der Waals surface area contributed by atoms with Gasteiger partial charge in [-0.15, -0.1) is 0 Å². The highest BCUT2D eigenvalue weighted by Gasteiger charge is 2.33. The van der Waals surface area contributed by atoms with Crippen LogP contribution in [0.5, 0.6) is 5.75 Å². The molecule has 188 valence electrons. The van der Waals surface area contributed by atoms with Crippen LogP contribution in [0.1, 0.15) is 54.4 Å². The van der Waals surface area contributed by atoms with Gasteiger partial charge in [0.2, 0.25) is 0 Å². The van der Waals surface area contributed by atoms with Crippen LogP contribution in [-0.4, -0.2) is 36.1 Å². The van der Waals surface area contributed by atoms with Gasteiger partial charge in [0.1, 0.15) is 11.3 Å². The molecule has 2 aromatic carbocycles. The third kappa shape index (κ3) is 6.42. The lowest BCUT2D eigenvalue weighted by molar-refractivity contribution is -0.137. The number of hydrogen-bond acceptors (Lipinski definition) is 5. The predicted molar refractivity (Wildman–Crippen MR) is 125 cm³/mol. The van der Waals surface area contributed by atoms with Crippen LogP contribution in [-0.2, 0) is 27.7 Å². The van der Waals surface area contributed by atoms with E-state index in [1.807, 2.05) is 38.1 Å². The highest BCUT2D eigenvalue weighted by Crippen LogP contribution is 2.34. The van der Waals surface area contributed by atoms with Gasteiger partial charge in [0.05, 0.1) is 43.5 Å². The number of carbonyl (C=O) groups excluding carboxylic acids is 1. The normalized spacial score (nSPS) is 12.0. The summed E-state index contributed by atoms with van der Waals surface area (Å²) in [6.45, 7) is 6.56. The van der Waals surface area contributed by atoms with Crippen molar-refractivity contribution < 1.29 is 32.2 Å². The lowest BCUT2D eigenvalue weighted by Gasteiger charge is -2.27. The maximum Gasteiger partial charge on any atom is 0.416 e. The van der Waals surface area contributed by atoms with Gasteiger partial charge in [-0.3, -0.25) is 0 Å². The van der Waals surface area contributed by atoms with E-state index in [-0.39, 0.29) is 12.2 Å². The minimum absolute atomic E-state index is 0.190. The molecule has 35 heavy (non-hydrogen) atoms. The van der Waals surface area contributed by atoms with E-state index in [0.717, 1.165) is 23.4 Å². The molecule has 3 aromatic rings. The summed E-state index contributed by atoms with van der Waals surface area (Å²) in [4.78, 5) is 12.6. The van der Waals surface area contributed by atoms with E-state index in [1.54, 1.807) is 14.0 Å². The predicted octanol–water partition coefficient (Wildman–Crippen LogP) is 5.96. The smallest absolute Gasteiger partial charge is 0.416 e. The van der Waals surface area contributed by atoms with Crippen molar-refractivity contribution in [2.24, 2.45) is 0 Å². The van der Waals surface area contributed by atoms with E-state index < -0.39 is 23.1 Å². The van der Waals surface area contributed by atoms with Gasteiger partial charge in [-0.05, 0) is 55.3 Å². The number of rotatable bonds is 10. The van der Waals surface area contributed by atoms with E-state index in [9.17, 15) is 18.0 Å². The fraction of sp³-hybridized carbons (Fsp3) is 0.385. The zero-order valence-electron chi connectivity index (χ0n) is 20.2. The van der Waals surface area contributed by atoms with Crippen LogP contribution >= 0.6 is 0 Å². The summed E-state index contributed by atoms with van der Waals surface area (Å²) in [6.07, 6.45) is -2.52. The zero-order valence-corrected chi connectivity index (χ0v) is 20.2. The van der Waals surface area contributed by atoms with E-state index in [4.69, 9.17) is 14.2 Å². The monoisotopic (exact) mass is 490 g/mol. The molecule has 3 rings (SSSR count). The van der Waals surface area contributed by atoms with Crippen LogP contribution in [0.3, 0.4) is 0 Å². The molecule has 9 heteroatoms. The second-order valence-electron chi connectivity index (χ2n) is 8.62. The molecule has 6 nitrogen and oxygen atoms in total. The average Bonchev–Trinajstić information content (AvgIpc) is 3.28. The maximum atomic E-state index is 13.0. The molecule has 0 amide bonds. The lowest BCUT2D eigenvalue weighted by Crippen LogP contribution is -2.27. The molecule has 0 unspecified atom stereocenters. The molecule has 1 heterocycles. The Balaban J connectivity index is 1.82. The quantitative estimate of drug-likeness (QED) is 0.259. The van der Waals surface area contributed by atoms with Gasteiger partial charge in [-0.25, -0.2) is 9.48 Å². The first-order chi connectivity index (χ1) is 16.6. The molecule has 0 bridgehead atoms. The van der Waals surface area contributed by atoms with Gasteiger partial charge >= 0.3 is 12.1 Å². The largest absolute Gasteiger partial charge is 0.497 e. The van der Waals surface area contributed by atoms with Crippen molar-refractivity contribution in [2.45, 2.75) is 45.4 Å². The molecule has 0 aliphatic rings. The van der Waals surface area contributed by atoms with Crippen molar-refractivity contribution in [3.8, 4) is 11.4 Å². The number of hydrogen-bond donors (Lipinski definition) is 0. The standard InChI is InChI=1S/C26H29F3N2O4/c1-5-35-24(32)22-16-30-31(20-10-8-19(9-11-20)26(27,28)29)23(22)25(2,3)14-15-34-17-18-6-12-21(33-4)13-7-18/h6-13,16H,5,14-15,17H2,1-4H3. The number of ether oxygens (including phenoxy) is 3. The first-order valence-electron chi connectivity index (χ1n) is 11.2. The molecule has 0 N–H and O–H groups in total. The van der Waals surface area contributed by atoms with Crippen LogP contribution in [0.15, 0.2) is 54.7 Å². The number of nitrogens with zero attached hydrogens (tertiary/aromatic N) is 2. The van der Waals surface area contributed by atoms with Crippen molar-refractivity contribution in [1.82, 2.24) is 9.78 Å². The Labute approximate surface area is 202 Å². The van der Waals surface area contributed by atoms with Crippen molar-refractivity contribution in [1.29, 1.82) is 0 Å². The molecule has 1 aromatic heterocycles. The third-order valence-electron chi connectivity index (χ3n) is 5.64. The molecule has 0 fully saturated rings. The van der Waals surface area contributed by atoms with Crippen LogP contribution < -0.4 is 4.74 Å². The number of esters is 1. The first-order valence-corrected chi connectivity index (χ1v) is 11.2. The molecule has 0 aliphatic heterocycles. The number of aromatic nitrogens is 2. The zero-order chi connectivity index (χ0) is 25.6. The van der Waals surface area contributed by atoms with Crippen molar-refractivity contribution in [3.05, 3.63) is 77.1 Å². The molecular weight excluding hydrogens is 461 g/mol. The van der Waals surface area contributed by atoms with Crippen molar-refractivity contribution in [2.75, 3.05) is 20.3 Å². The van der Waals surface area contributed by atoms with Crippen LogP contribution in [0.4, 0.5) is 13.2 Å². The van der Waals surface area contributed by atoms with E-state index in [0.29, 0.717) is 31.0 Å². The van der Waals surface area contributed by atoms with Crippen LogP contribution in [0.2, 0.25) is 0 Å². The summed E-state index contributed by atoms with van der Waals surface area (Å²) in [5.41, 5.74) is 0.852. The van der Waals surface area contributed by atoms with Gasteiger partial charge in [0.25, 0.3) is 0 Å². The summed E-state index contributed by atoms with van der Waals surface area (Å²) in [6, 6.07) is 12.2. The highest BCUT2D eigenvalue weighted by molar-refractivity contribution is 5.91. The Morgan fingerprint density at radius 2 is 1.69 bits per heavy atom. The molecule has 0 saturated heterocycles. The van der Waals surface area contributed by atoms with Crippen LogP contribution in [0.25, 0.3) is 5.69 Å². The van der Waals surface area contributed by atoms with E-state index >= 15 is 0 Å². The number of alkyl halides is 3. The molecule has 0 spiro atoms. The summed E-state index contributed by atoms with van der Waals surface area (Å²) in [7, 11) is 1.60. The second-order valence-corrected chi connectivity index (χ2v) is 8.62. The average molecular weight is 491 g/mol. The summed E-state index contributed by atoms with van der Waals surface area (Å²) in [5, 5.41) is 4.32. The third-order valence-corrected chi connectivity index (χ3v) is 5.64. The van der Waals surface area contributed by atoms with Gasteiger partial charge in [-0.1, -0.05) is 26.0 Å². The summed E-state index contributed by atoms with van der Waals surface area (Å²) >= 11 is 0. The summed E-state index contributed by atoms with van der Waals surface area (Å²) < 4.78 is 56.8. The first kappa shape index (κ1) is 26.3. The fourth-order valence-corrected chi connectivity index (χ4v) is 3.70. The Morgan fingerprint density at radius 3 is 2.26 bits per heavy atom. The minimum Gasteiger partial charge on any atom is -0.497 e. The molecular formula is C26H29F3N2O4. The van der Waals surface area contributed by atoms with Gasteiger partial charge < -0.3 is 14.2 Å². The minimum atomic E-state index is -4.44. The Morgan fingerprint density at radius 1 is 1.03 bits per heavy atom. The highest BCUT2D eigenvalue weighted by atomic mass is 19.4. The Bertz CT molecular complexity index is 1120. The molecule has 0 saturated carbocycles. The Hall–Kier alpha value is -3.33. The molecule has 0 atom stereocenters. The van der Waals surface area contributed by atoms with Gasteiger partial charge in [0, 0.05) is 12.0 Å². The topological polar surface area (TPSA) is 62.6 Å². The van der Waals surface area contributed by atoms with Crippen LogP contribution in [0, 0.1) is 0 Å². The second kappa shape index (κ2) is 10.9. The maximum absolute atomic E-state index is 13.0. The lowest BCUT2D eigenvalue weighted by atomic mass is 9.83. The van der Waals surface area contributed by atoms with Gasteiger partial charge in [-0.2, -0.15) is 18.3 Å². The number of methoxy groups -OCH3 is 1. The number of benzene rings is 2. The SMILES string of the molecule is CCOC(=O)c1cnn(-c2ccc(C(F)(F)F)cc2)c1C(C)(C)CCOCc1ccc(OC)cc1. The van der Waals surface area contributed by atoms with E-state index in [2.05, 4.69) is 5.10 Å². The number of halogens is 3. The van der Waals surface area contributed by atoms with Crippen molar-refractivity contribution in [3.63, 3.8) is 0 Å². The molecule has 0 aliphatic carbocycles. The number of carbonyl (C=O) groups is 1. The Kier molecular flexibility index (Phi) is 8.22.